The Morgan fingerprint density at radius 1 is 1.08 bits per heavy atom. The van der Waals surface area contributed by atoms with E-state index in [4.69, 9.17) is 9.16 Å². The number of carbonyl (C=O) groups is 1. The first-order chi connectivity index (χ1) is 12.5. The van der Waals surface area contributed by atoms with Gasteiger partial charge in [0.05, 0.1) is 6.61 Å². The molecule has 0 spiro atoms. The van der Waals surface area contributed by atoms with Gasteiger partial charge in [0, 0.05) is 13.0 Å². The zero-order valence-corrected chi connectivity index (χ0v) is 16.9. The molecule has 2 aromatic carbocycles. The van der Waals surface area contributed by atoms with E-state index in [2.05, 4.69) is 74.5 Å². The van der Waals surface area contributed by atoms with Gasteiger partial charge in [-0.2, -0.15) is 0 Å². The maximum atomic E-state index is 11.2. The van der Waals surface area contributed by atoms with Gasteiger partial charge in [-0.3, -0.25) is 4.79 Å². The zero-order chi connectivity index (χ0) is 18.6. The number of esters is 1. The van der Waals surface area contributed by atoms with Crippen LogP contribution in [0.15, 0.2) is 60.7 Å². The van der Waals surface area contributed by atoms with Crippen molar-refractivity contribution in [3.8, 4) is 0 Å². The van der Waals surface area contributed by atoms with E-state index in [9.17, 15) is 4.79 Å². The third-order valence-electron chi connectivity index (χ3n) is 5.35. The molecule has 2 atom stereocenters. The summed E-state index contributed by atoms with van der Waals surface area (Å²) in [5.41, 5.74) is 0.388. The molecule has 2 aromatic rings. The minimum absolute atomic E-state index is 0.212. The number of hydrogen-bond donors (Lipinski definition) is 0. The molecule has 3 rings (SSSR count). The van der Waals surface area contributed by atoms with E-state index < -0.39 is 8.32 Å². The van der Waals surface area contributed by atoms with Crippen LogP contribution in [0.4, 0.5) is 0 Å². The first-order valence-corrected chi connectivity index (χ1v) is 11.4. The lowest BCUT2D eigenvalue weighted by molar-refractivity contribution is -0.141. The second-order valence-electron chi connectivity index (χ2n) is 7.43. The third-order valence-corrected chi connectivity index (χ3v) is 10.1. The SMILES string of the molecule is CC(=O)OCC[C@H]1C[C@@H](C(C)C)O[Si]1(c1ccccc1)c1ccccc1. The number of benzene rings is 2. The van der Waals surface area contributed by atoms with Crippen molar-refractivity contribution < 1.29 is 14.0 Å². The molecular weight excluding hydrogens is 340 g/mol. The molecule has 1 heterocycles. The predicted molar refractivity (Wildman–Crippen MR) is 107 cm³/mol. The van der Waals surface area contributed by atoms with Gasteiger partial charge in [0.15, 0.2) is 0 Å². The van der Waals surface area contributed by atoms with Crippen molar-refractivity contribution in [3.05, 3.63) is 60.7 Å². The molecule has 26 heavy (non-hydrogen) atoms. The molecule has 0 radical (unpaired) electrons. The van der Waals surface area contributed by atoms with Gasteiger partial charge in [-0.1, -0.05) is 74.5 Å². The minimum Gasteiger partial charge on any atom is -0.466 e. The van der Waals surface area contributed by atoms with Gasteiger partial charge >= 0.3 is 5.97 Å². The summed E-state index contributed by atoms with van der Waals surface area (Å²) in [6.45, 7) is 6.40. The Morgan fingerprint density at radius 3 is 2.08 bits per heavy atom. The van der Waals surface area contributed by atoms with Crippen LogP contribution in [0.5, 0.6) is 0 Å². The quantitative estimate of drug-likeness (QED) is 0.578. The van der Waals surface area contributed by atoms with Crippen LogP contribution in [-0.4, -0.2) is 27.0 Å². The Kier molecular flexibility index (Phi) is 5.94. The molecule has 0 amide bonds. The van der Waals surface area contributed by atoms with Crippen molar-refractivity contribution in [2.24, 2.45) is 5.92 Å². The highest BCUT2D eigenvalue weighted by Gasteiger charge is 2.54. The van der Waals surface area contributed by atoms with Gasteiger partial charge in [0.2, 0.25) is 0 Å². The maximum absolute atomic E-state index is 11.2. The topological polar surface area (TPSA) is 35.5 Å². The number of carbonyl (C=O) groups excluding carboxylic acids is 1. The molecule has 4 heteroatoms. The Hall–Kier alpha value is -1.91. The highest BCUT2D eigenvalue weighted by atomic mass is 28.4. The Morgan fingerprint density at radius 2 is 1.62 bits per heavy atom. The molecule has 0 bridgehead atoms. The van der Waals surface area contributed by atoms with E-state index in [1.807, 2.05) is 0 Å². The summed E-state index contributed by atoms with van der Waals surface area (Å²) in [4.78, 5) is 11.2. The van der Waals surface area contributed by atoms with Crippen molar-refractivity contribution in [1.82, 2.24) is 0 Å². The van der Waals surface area contributed by atoms with Crippen molar-refractivity contribution in [1.29, 1.82) is 0 Å². The number of ether oxygens (including phenoxy) is 1. The van der Waals surface area contributed by atoms with Crippen LogP contribution in [0.1, 0.15) is 33.6 Å². The van der Waals surface area contributed by atoms with Crippen molar-refractivity contribution in [3.63, 3.8) is 0 Å². The number of hydrogen-bond acceptors (Lipinski definition) is 3. The van der Waals surface area contributed by atoms with E-state index in [0.717, 1.165) is 12.8 Å². The first-order valence-electron chi connectivity index (χ1n) is 9.46. The molecule has 0 aromatic heterocycles. The monoisotopic (exact) mass is 368 g/mol. The van der Waals surface area contributed by atoms with Crippen LogP contribution in [0.2, 0.25) is 5.54 Å². The largest absolute Gasteiger partial charge is 0.466 e. The van der Waals surface area contributed by atoms with Gasteiger partial charge in [-0.25, -0.2) is 0 Å². The fourth-order valence-electron chi connectivity index (χ4n) is 4.05. The summed E-state index contributed by atoms with van der Waals surface area (Å²) in [5, 5.41) is 2.62. The summed E-state index contributed by atoms with van der Waals surface area (Å²) in [7, 11) is -2.40. The smallest absolute Gasteiger partial charge is 0.302 e. The molecule has 0 N–H and O–H groups in total. The van der Waals surface area contributed by atoms with Gasteiger partial charge < -0.3 is 9.16 Å². The van der Waals surface area contributed by atoms with E-state index in [1.165, 1.54) is 17.3 Å². The van der Waals surface area contributed by atoms with Crippen molar-refractivity contribution in [2.45, 2.75) is 45.3 Å². The van der Waals surface area contributed by atoms with E-state index in [-0.39, 0.29) is 12.1 Å². The van der Waals surface area contributed by atoms with Crippen LogP contribution in [0, 0.1) is 5.92 Å². The van der Waals surface area contributed by atoms with Crippen LogP contribution < -0.4 is 10.4 Å². The fraction of sp³-hybridized carbons (Fsp3) is 0.409. The second-order valence-corrected chi connectivity index (χ2v) is 11.1. The van der Waals surface area contributed by atoms with Crippen LogP contribution in [0.25, 0.3) is 0 Å². The fourth-order valence-corrected chi connectivity index (χ4v) is 9.10. The molecule has 1 saturated heterocycles. The Balaban J connectivity index is 2.04. The Labute approximate surface area is 157 Å². The molecule has 0 unspecified atom stereocenters. The average molecular weight is 369 g/mol. The third kappa shape index (κ3) is 3.76. The molecule has 3 nitrogen and oxygen atoms in total. The van der Waals surface area contributed by atoms with Crippen LogP contribution in [0.3, 0.4) is 0 Å². The lowest BCUT2D eigenvalue weighted by Gasteiger charge is -2.33. The van der Waals surface area contributed by atoms with E-state index in [1.54, 1.807) is 0 Å². The summed E-state index contributed by atoms with van der Waals surface area (Å²) in [6.07, 6.45) is 2.11. The van der Waals surface area contributed by atoms with Gasteiger partial charge in [0.25, 0.3) is 8.32 Å². The molecule has 138 valence electrons. The lowest BCUT2D eigenvalue weighted by atomic mass is 10.0. The van der Waals surface area contributed by atoms with Gasteiger partial charge in [-0.05, 0) is 34.7 Å². The van der Waals surface area contributed by atoms with Crippen molar-refractivity contribution >= 4 is 24.7 Å². The summed E-state index contributed by atoms with van der Waals surface area (Å²) in [6, 6.07) is 21.3. The van der Waals surface area contributed by atoms with Crippen LogP contribution in [-0.2, 0) is 14.0 Å². The number of rotatable bonds is 6. The average Bonchev–Trinajstić information content (AvgIpc) is 3.04. The first kappa shape index (κ1) is 18.9. The molecule has 1 aliphatic rings. The lowest BCUT2D eigenvalue weighted by Crippen LogP contribution is -2.61. The molecule has 0 aliphatic carbocycles. The molecular formula is C22H28O3Si. The summed E-state index contributed by atoms with van der Waals surface area (Å²) < 4.78 is 12.2. The maximum Gasteiger partial charge on any atom is 0.302 e. The summed E-state index contributed by atoms with van der Waals surface area (Å²) in [5.74, 6) is 0.254. The summed E-state index contributed by atoms with van der Waals surface area (Å²) >= 11 is 0. The predicted octanol–water partition coefficient (Wildman–Crippen LogP) is 3.51. The molecule has 1 fully saturated rings. The van der Waals surface area contributed by atoms with Gasteiger partial charge in [-0.15, -0.1) is 0 Å². The highest BCUT2D eigenvalue weighted by molar-refractivity contribution is 6.99. The Bertz CT molecular complexity index is 675. The normalized spacial score (nSPS) is 21.7. The molecule has 1 aliphatic heterocycles. The molecule has 0 saturated carbocycles. The second kappa shape index (κ2) is 8.19. The highest BCUT2D eigenvalue weighted by Crippen LogP contribution is 2.42. The minimum atomic E-state index is -2.40. The zero-order valence-electron chi connectivity index (χ0n) is 15.9. The van der Waals surface area contributed by atoms with E-state index in [0.29, 0.717) is 18.1 Å². The van der Waals surface area contributed by atoms with Crippen molar-refractivity contribution in [2.75, 3.05) is 6.61 Å². The standard InChI is InChI=1S/C22H28O3Si/c1-17(2)22-16-21(14-15-24-18(3)23)26(25-22,19-10-6-4-7-11-19)20-12-8-5-9-13-20/h4-13,17,21-22H,14-16H2,1-3H3/t21-,22-/m0/s1. The van der Waals surface area contributed by atoms with Gasteiger partial charge in [0.1, 0.15) is 0 Å². The van der Waals surface area contributed by atoms with E-state index >= 15 is 0 Å². The van der Waals surface area contributed by atoms with Crippen LogP contribution >= 0.6 is 0 Å².